The summed E-state index contributed by atoms with van der Waals surface area (Å²) in [6.45, 7) is 1.45. The Hall–Kier alpha value is 0.790. The molecule has 0 radical (unpaired) electrons. The fourth-order valence-electron chi connectivity index (χ4n) is 0.574. The molecule has 0 N–H and O–H groups in total. The van der Waals surface area contributed by atoms with Gasteiger partial charge in [0.05, 0.1) is 0 Å². The van der Waals surface area contributed by atoms with Crippen LogP contribution >= 0.6 is 58.0 Å². The molecule has 0 aromatic carbocycles. The molecular weight excluding hydrogens is 265 g/mol. The fraction of sp³-hybridized carbons (Fsp3) is 0.600. The third-order valence-corrected chi connectivity index (χ3v) is 3.11. The molecule has 1 aliphatic heterocycles. The second-order valence-electron chi connectivity index (χ2n) is 2.28. The Morgan fingerprint density at radius 2 is 1.50 bits per heavy atom. The third kappa shape index (κ3) is 1.83. The zero-order valence-electron chi connectivity index (χ0n) is 5.78. The Kier molecular flexibility index (Phi) is 2.88. The van der Waals surface area contributed by atoms with Gasteiger partial charge < -0.3 is 0 Å². The van der Waals surface area contributed by atoms with Crippen LogP contribution in [0.25, 0.3) is 0 Å². The number of hydrogen-bond acceptors (Lipinski definition) is 2. The topological polar surface area (TPSA) is 24.7 Å². The van der Waals surface area contributed by atoms with Crippen LogP contribution in [0.15, 0.2) is 9.98 Å². The van der Waals surface area contributed by atoms with Gasteiger partial charge in [0.25, 0.3) is 5.12 Å². The summed E-state index contributed by atoms with van der Waals surface area (Å²) >= 11 is 28.3. The van der Waals surface area contributed by atoms with Gasteiger partial charge in [-0.25, -0.2) is 9.98 Å². The second kappa shape index (κ2) is 3.18. The van der Waals surface area contributed by atoms with Crippen molar-refractivity contribution in [2.75, 3.05) is 0 Å². The maximum atomic E-state index is 5.83. The average molecular weight is 268 g/mol. The molecule has 2 nitrogen and oxygen atoms in total. The molecule has 0 fully saturated rings. The molecule has 0 atom stereocenters. The first-order valence-corrected chi connectivity index (χ1v) is 4.73. The van der Waals surface area contributed by atoms with Crippen LogP contribution in [0.4, 0.5) is 0 Å². The van der Waals surface area contributed by atoms with Crippen molar-refractivity contribution in [1.82, 2.24) is 0 Å². The largest absolute Gasteiger partial charge is 0.261 e. The van der Waals surface area contributed by atoms with E-state index in [1.54, 1.807) is 0 Å². The van der Waals surface area contributed by atoms with Crippen molar-refractivity contribution in [2.24, 2.45) is 9.98 Å². The lowest BCUT2D eigenvalue weighted by Gasteiger charge is -2.24. The van der Waals surface area contributed by atoms with E-state index in [-0.39, 0.29) is 10.3 Å². The molecule has 0 spiro atoms. The molecule has 0 saturated carbocycles. The monoisotopic (exact) mass is 266 g/mol. The highest BCUT2D eigenvalue weighted by Gasteiger charge is 2.48. The first-order valence-electron chi connectivity index (χ1n) is 2.84. The van der Waals surface area contributed by atoms with Gasteiger partial charge in [-0.2, -0.15) is 0 Å². The highest BCUT2D eigenvalue weighted by atomic mass is 35.5. The second-order valence-corrected chi connectivity index (χ2v) is 5.23. The van der Waals surface area contributed by atoms with Gasteiger partial charge in [-0.3, -0.25) is 0 Å². The predicted molar refractivity (Wildman–Crippen MR) is 55.3 cm³/mol. The molecule has 7 heteroatoms. The minimum Gasteiger partial charge on any atom is -0.222 e. The van der Waals surface area contributed by atoms with Crippen LogP contribution in [-0.4, -0.2) is 19.8 Å². The molecule has 0 aromatic rings. The third-order valence-electron chi connectivity index (χ3n) is 1.22. The maximum Gasteiger partial charge on any atom is 0.261 e. The zero-order valence-corrected chi connectivity index (χ0v) is 9.56. The first kappa shape index (κ1) is 10.9. The van der Waals surface area contributed by atoms with Gasteiger partial charge in [0.15, 0.2) is 14.7 Å². The summed E-state index contributed by atoms with van der Waals surface area (Å²) in [6.07, 6.45) is 0. The Labute approximate surface area is 94.5 Å². The van der Waals surface area contributed by atoms with Gasteiger partial charge in [-0.15, -0.1) is 0 Å². The summed E-state index contributed by atoms with van der Waals surface area (Å²) in [6, 6.07) is 0. The molecule has 0 aliphatic carbocycles. The predicted octanol–water partition coefficient (Wildman–Crippen LogP) is 3.36. The van der Waals surface area contributed by atoms with Crippen molar-refractivity contribution in [3.05, 3.63) is 0 Å². The van der Waals surface area contributed by atoms with Crippen molar-refractivity contribution in [2.45, 2.75) is 16.4 Å². The Bertz CT molecular complexity index is 246. The summed E-state index contributed by atoms with van der Waals surface area (Å²) < 4.78 is -1.36. The smallest absolute Gasteiger partial charge is 0.222 e. The number of nitrogens with zero attached hydrogens (tertiary/aromatic N) is 2. The van der Waals surface area contributed by atoms with Crippen molar-refractivity contribution < 1.29 is 0 Å². The van der Waals surface area contributed by atoms with Crippen LogP contribution in [0.3, 0.4) is 0 Å². The summed E-state index contributed by atoms with van der Waals surface area (Å²) in [5.74, 6) is 0. The Morgan fingerprint density at radius 1 is 1.17 bits per heavy atom. The van der Waals surface area contributed by atoms with Crippen LogP contribution in [0.5, 0.6) is 0 Å². The molecule has 0 amide bonds. The minimum absolute atomic E-state index is 0.0131. The lowest BCUT2D eigenvalue weighted by atomic mass is 10.4. The van der Waals surface area contributed by atoms with E-state index in [4.69, 9.17) is 58.0 Å². The zero-order chi connectivity index (χ0) is 9.57. The van der Waals surface area contributed by atoms with Gasteiger partial charge in [-0.1, -0.05) is 58.0 Å². The van der Waals surface area contributed by atoms with Crippen LogP contribution < -0.4 is 0 Å². The minimum atomic E-state index is -1.51. The van der Waals surface area contributed by atoms with E-state index in [9.17, 15) is 0 Å². The summed E-state index contributed by atoms with van der Waals surface area (Å²) in [4.78, 5) is 7.44. The average Bonchev–Trinajstić information content (AvgIpc) is 2.06. The Balaban J connectivity index is 3.08. The van der Waals surface area contributed by atoms with Gasteiger partial charge in [-0.05, 0) is 6.92 Å². The number of hydrogen-bond donors (Lipinski definition) is 0. The maximum absolute atomic E-state index is 5.83. The quantitative estimate of drug-likeness (QED) is 0.514. The molecule has 0 saturated heterocycles. The molecule has 0 bridgehead atoms. The van der Waals surface area contributed by atoms with Gasteiger partial charge >= 0.3 is 0 Å². The molecule has 68 valence electrons. The van der Waals surface area contributed by atoms with Crippen LogP contribution in [0, 0.1) is 0 Å². The molecule has 1 aliphatic rings. The van der Waals surface area contributed by atoms with E-state index < -0.39 is 9.46 Å². The number of rotatable bonds is 1. The van der Waals surface area contributed by atoms with Gasteiger partial charge in [0.2, 0.25) is 0 Å². The number of alkyl halides is 3. The number of halogens is 5. The summed E-state index contributed by atoms with van der Waals surface area (Å²) in [7, 11) is 0. The normalized spacial score (nSPS) is 22.2. The van der Waals surface area contributed by atoms with Crippen molar-refractivity contribution in [3.8, 4) is 0 Å². The highest BCUT2D eigenvalue weighted by molar-refractivity contribution is 7.01. The molecule has 1 heterocycles. The van der Waals surface area contributed by atoms with Crippen LogP contribution in [-0.2, 0) is 0 Å². The van der Waals surface area contributed by atoms with E-state index in [0.29, 0.717) is 0 Å². The summed E-state index contributed by atoms with van der Waals surface area (Å²) in [5, 5.41) is -1.48. The molecular formula is C5H3Cl5N2. The van der Waals surface area contributed by atoms with Crippen LogP contribution in [0.2, 0.25) is 0 Å². The Morgan fingerprint density at radius 3 is 1.67 bits per heavy atom. The first-order chi connectivity index (χ1) is 5.26. The number of aliphatic imine (C=N–C) groups is 2. The standard InChI is InChI=1S/C5H3Cl5N2/c1-4(8,9)5(10)11-2(6)3(7)12-5/h1H3. The van der Waals surface area contributed by atoms with Crippen molar-refractivity contribution in [3.63, 3.8) is 0 Å². The fourth-order valence-corrected chi connectivity index (χ4v) is 1.33. The van der Waals surface area contributed by atoms with Gasteiger partial charge in [0, 0.05) is 0 Å². The summed E-state index contributed by atoms with van der Waals surface area (Å²) in [5.41, 5.74) is 0. The van der Waals surface area contributed by atoms with E-state index in [1.807, 2.05) is 0 Å². The molecule has 12 heavy (non-hydrogen) atoms. The SMILES string of the molecule is CC(Cl)(Cl)C1(Cl)N=C(Cl)C(Cl)=N1. The lowest BCUT2D eigenvalue weighted by Crippen LogP contribution is -2.33. The van der Waals surface area contributed by atoms with E-state index >= 15 is 0 Å². The van der Waals surface area contributed by atoms with Crippen molar-refractivity contribution in [1.29, 1.82) is 0 Å². The molecule has 0 unspecified atom stereocenters. The lowest BCUT2D eigenvalue weighted by molar-refractivity contribution is 0.589. The van der Waals surface area contributed by atoms with E-state index in [2.05, 4.69) is 9.98 Å². The molecule has 1 rings (SSSR count). The molecule has 0 aromatic heterocycles. The van der Waals surface area contributed by atoms with Gasteiger partial charge in [0.1, 0.15) is 0 Å². The van der Waals surface area contributed by atoms with E-state index in [0.717, 1.165) is 0 Å². The van der Waals surface area contributed by atoms with Crippen LogP contribution in [0.1, 0.15) is 6.92 Å². The highest BCUT2D eigenvalue weighted by Crippen LogP contribution is 2.44. The van der Waals surface area contributed by atoms with E-state index in [1.165, 1.54) is 6.92 Å². The van der Waals surface area contributed by atoms with Crippen molar-refractivity contribution >= 4 is 68.3 Å².